The zero-order chi connectivity index (χ0) is 11.3. The van der Waals surface area contributed by atoms with E-state index in [0.717, 1.165) is 11.4 Å². The Morgan fingerprint density at radius 1 is 1.47 bits per heavy atom. The molecule has 0 aliphatic heterocycles. The summed E-state index contributed by atoms with van der Waals surface area (Å²) < 4.78 is 4.77. The van der Waals surface area contributed by atoms with Gasteiger partial charge < -0.3 is 10.1 Å². The van der Waals surface area contributed by atoms with E-state index in [-0.39, 0.29) is 12.5 Å². The Morgan fingerprint density at radius 3 is 2.80 bits per heavy atom. The molecule has 0 amide bonds. The molecule has 0 radical (unpaired) electrons. The lowest BCUT2D eigenvalue weighted by Gasteiger charge is -2.06. The van der Waals surface area contributed by atoms with E-state index in [1.807, 2.05) is 13.8 Å². The van der Waals surface area contributed by atoms with Gasteiger partial charge in [0.2, 0.25) is 0 Å². The second-order valence-electron chi connectivity index (χ2n) is 3.08. The quantitative estimate of drug-likeness (QED) is 0.751. The Labute approximate surface area is 88.9 Å². The Morgan fingerprint density at radius 2 is 2.20 bits per heavy atom. The molecule has 1 heterocycles. The number of nitrogens with zero attached hydrogens (tertiary/aromatic N) is 2. The summed E-state index contributed by atoms with van der Waals surface area (Å²) in [5, 5.41) is 2.85. The third kappa shape index (κ3) is 3.53. The summed E-state index contributed by atoms with van der Waals surface area (Å²) in [6, 6.07) is 0. The number of hydrogen-bond acceptors (Lipinski definition) is 5. The predicted molar refractivity (Wildman–Crippen MR) is 56.6 cm³/mol. The van der Waals surface area contributed by atoms with Crippen LogP contribution in [0, 0.1) is 13.8 Å². The Balaban J connectivity index is 2.51. The summed E-state index contributed by atoms with van der Waals surface area (Å²) in [6.07, 6.45) is 1.60. The molecule has 15 heavy (non-hydrogen) atoms. The molecule has 0 bridgehead atoms. The van der Waals surface area contributed by atoms with Gasteiger partial charge in [0.15, 0.2) is 0 Å². The van der Waals surface area contributed by atoms with Crippen molar-refractivity contribution in [3.8, 4) is 0 Å². The number of ether oxygens (including phenoxy) is 1. The second kappa shape index (κ2) is 5.29. The maximum absolute atomic E-state index is 11.0. The summed E-state index contributed by atoms with van der Waals surface area (Å²) in [4.78, 5) is 19.4. The fraction of sp³-hybridized carbons (Fsp3) is 0.500. The lowest BCUT2D eigenvalue weighted by atomic mass is 10.3. The van der Waals surface area contributed by atoms with Crippen LogP contribution in [0.2, 0.25) is 0 Å². The molecule has 0 aromatic carbocycles. The Kier molecular flexibility index (Phi) is 4.03. The molecule has 0 aliphatic rings. The van der Waals surface area contributed by atoms with E-state index in [9.17, 15) is 4.79 Å². The fourth-order valence-electron chi connectivity index (χ4n) is 1.00. The lowest BCUT2D eigenvalue weighted by molar-refractivity contribution is -0.140. The van der Waals surface area contributed by atoms with Crippen LogP contribution in [-0.2, 0) is 9.53 Å². The van der Waals surface area contributed by atoms with Crippen molar-refractivity contribution < 1.29 is 9.53 Å². The Bertz CT molecular complexity index is 353. The van der Waals surface area contributed by atoms with Gasteiger partial charge in [-0.2, -0.15) is 0 Å². The normalized spacial score (nSPS) is 9.80. The van der Waals surface area contributed by atoms with Crippen LogP contribution in [0.5, 0.6) is 0 Å². The number of aromatic nitrogens is 2. The molecule has 5 heteroatoms. The van der Waals surface area contributed by atoms with Gasteiger partial charge in [-0.25, -0.2) is 4.98 Å². The highest BCUT2D eigenvalue weighted by Crippen LogP contribution is 2.04. The highest BCUT2D eigenvalue weighted by Gasteiger charge is 2.03. The summed E-state index contributed by atoms with van der Waals surface area (Å²) in [7, 11) is 0. The number of esters is 1. The van der Waals surface area contributed by atoms with Gasteiger partial charge in [0, 0.05) is 0 Å². The molecular weight excluding hydrogens is 194 g/mol. The molecule has 0 atom stereocenters. The zero-order valence-electron chi connectivity index (χ0n) is 9.20. The fourth-order valence-corrected chi connectivity index (χ4v) is 1.00. The minimum atomic E-state index is -0.294. The van der Waals surface area contributed by atoms with Crippen LogP contribution in [0.15, 0.2) is 6.20 Å². The molecule has 0 saturated carbocycles. The molecule has 1 N–H and O–H groups in total. The van der Waals surface area contributed by atoms with Gasteiger partial charge in [-0.15, -0.1) is 0 Å². The summed E-state index contributed by atoms with van der Waals surface area (Å²) in [5.41, 5.74) is 1.74. The number of aryl methyl sites for hydroxylation is 2. The first-order chi connectivity index (χ1) is 7.13. The minimum absolute atomic E-state index is 0.116. The third-order valence-electron chi connectivity index (χ3n) is 1.91. The first kappa shape index (κ1) is 11.4. The number of anilines is 1. The Hall–Kier alpha value is -1.65. The summed E-state index contributed by atoms with van der Waals surface area (Å²) in [6.45, 7) is 6.03. The van der Waals surface area contributed by atoms with E-state index >= 15 is 0 Å². The minimum Gasteiger partial charge on any atom is -0.465 e. The average Bonchev–Trinajstić information content (AvgIpc) is 2.20. The maximum atomic E-state index is 11.0. The smallest absolute Gasteiger partial charge is 0.325 e. The van der Waals surface area contributed by atoms with Crippen molar-refractivity contribution in [2.24, 2.45) is 0 Å². The van der Waals surface area contributed by atoms with E-state index in [4.69, 9.17) is 4.74 Å². The van der Waals surface area contributed by atoms with Crippen molar-refractivity contribution in [2.75, 3.05) is 18.5 Å². The van der Waals surface area contributed by atoms with E-state index in [0.29, 0.717) is 12.4 Å². The van der Waals surface area contributed by atoms with Gasteiger partial charge in [-0.3, -0.25) is 9.78 Å². The van der Waals surface area contributed by atoms with E-state index in [1.54, 1.807) is 13.1 Å². The van der Waals surface area contributed by atoms with Crippen molar-refractivity contribution in [3.05, 3.63) is 17.6 Å². The molecule has 5 nitrogen and oxygen atoms in total. The molecule has 0 fully saturated rings. The van der Waals surface area contributed by atoms with Crippen LogP contribution in [0.25, 0.3) is 0 Å². The number of carbonyl (C=O) groups excluding carboxylic acids is 1. The summed E-state index contributed by atoms with van der Waals surface area (Å²) in [5.74, 6) is 0.295. The zero-order valence-corrected chi connectivity index (χ0v) is 9.20. The molecule has 1 aromatic rings. The molecule has 1 aromatic heterocycles. The highest BCUT2D eigenvalue weighted by atomic mass is 16.5. The molecule has 82 valence electrons. The molecule has 0 aliphatic carbocycles. The molecule has 1 rings (SSSR count). The molecular formula is C10H15N3O2. The highest BCUT2D eigenvalue weighted by molar-refractivity contribution is 5.74. The molecule has 0 saturated heterocycles. The van der Waals surface area contributed by atoms with Crippen LogP contribution < -0.4 is 5.32 Å². The van der Waals surface area contributed by atoms with E-state index in [1.165, 1.54) is 0 Å². The van der Waals surface area contributed by atoms with Gasteiger partial charge in [0.1, 0.15) is 12.4 Å². The van der Waals surface area contributed by atoms with Gasteiger partial charge in [0.05, 0.1) is 24.2 Å². The largest absolute Gasteiger partial charge is 0.465 e. The topological polar surface area (TPSA) is 64.1 Å². The SMILES string of the molecule is CCOC(=O)CNc1cnc(C)c(C)n1. The van der Waals surface area contributed by atoms with Crippen LogP contribution in [-0.4, -0.2) is 29.1 Å². The van der Waals surface area contributed by atoms with Crippen molar-refractivity contribution in [2.45, 2.75) is 20.8 Å². The van der Waals surface area contributed by atoms with Gasteiger partial charge in [-0.05, 0) is 20.8 Å². The second-order valence-corrected chi connectivity index (χ2v) is 3.08. The van der Waals surface area contributed by atoms with E-state index < -0.39 is 0 Å². The molecule has 0 unspecified atom stereocenters. The van der Waals surface area contributed by atoms with Crippen molar-refractivity contribution in [3.63, 3.8) is 0 Å². The van der Waals surface area contributed by atoms with Crippen LogP contribution in [0.1, 0.15) is 18.3 Å². The number of carbonyl (C=O) groups is 1. The van der Waals surface area contributed by atoms with E-state index in [2.05, 4.69) is 15.3 Å². The monoisotopic (exact) mass is 209 g/mol. The van der Waals surface area contributed by atoms with Gasteiger partial charge >= 0.3 is 5.97 Å². The summed E-state index contributed by atoms with van der Waals surface area (Å²) >= 11 is 0. The average molecular weight is 209 g/mol. The maximum Gasteiger partial charge on any atom is 0.325 e. The van der Waals surface area contributed by atoms with Crippen molar-refractivity contribution in [1.29, 1.82) is 0 Å². The predicted octanol–water partition coefficient (Wildman–Crippen LogP) is 1.07. The lowest BCUT2D eigenvalue weighted by Crippen LogP contribution is -2.17. The standard InChI is InChI=1S/C10H15N3O2/c1-4-15-10(14)6-12-9-5-11-7(2)8(3)13-9/h5H,4,6H2,1-3H3,(H,12,13). The number of hydrogen-bond donors (Lipinski definition) is 1. The first-order valence-electron chi connectivity index (χ1n) is 4.83. The van der Waals surface area contributed by atoms with Crippen LogP contribution in [0.3, 0.4) is 0 Å². The van der Waals surface area contributed by atoms with Crippen molar-refractivity contribution >= 4 is 11.8 Å². The number of rotatable bonds is 4. The van der Waals surface area contributed by atoms with Crippen molar-refractivity contribution in [1.82, 2.24) is 9.97 Å². The van der Waals surface area contributed by atoms with Crippen LogP contribution >= 0.6 is 0 Å². The van der Waals surface area contributed by atoms with Gasteiger partial charge in [-0.1, -0.05) is 0 Å². The van der Waals surface area contributed by atoms with Crippen LogP contribution in [0.4, 0.5) is 5.82 Å². The molecule has 0 spiro atoms. The third-order valence-corrected chi connectivity index (χ3v) is 1.91. The number of nitrogens with one attached hydrogen (secondary N) is 1. The van der Waals surface area contributed by atoms with Gasteiger partial charge in [0.25, 0.3) is 0 Å². The first-order valence-corrected chi connectivity index (χ1v) is 4.83.